The van der Waals surface area contributed by atoms with Gasteiger partial charge in [-0.1, -0.05) is 37.6 Å². The van der Waals surface area contributed by atoms with Crippen molar-refractivity contribution in [3.05, 3.63) is 59.0 Å². The summed E-state index contributed by atoms with van der Waals surface area (Å²) in [7, 11) is 0. The minimum atomic E-state index is 0.541. The molecular weight excluding hydrogens is 282 g/mol. The third-order valence-corrected chi connectivity index (χ3v) is 3.74. The molecule has 1 N–H and O–H groups in total. The van der Waals surface area contributed by atoms with Gasteiger partial charge in [-0.25, -0.2) is 0 Å². The van der Waals surface area contributed by atoms with Crippen molar-refractivity contribution in [2.24, 2.45) is 11.8 Å². The lowest BCUT2D eigenvalue weighted by Crippen LogP contribution is -2.28. The summed E-state index contributed by atoms with van der Waals surface area (Å²) in [6, 6.07) is 10.2. The van der Waals surface area contributed by atoms with Gasteiger partial charge in [0.25, 0.3) is 0 Å². The number of halogens is 1. The summed E-state index contributed by atoms with van der Waals surface area (Å²) in [6.07, 6.45) is 5.63. The van der Waals surface area contributed by atoms with Crippen LogP contribution in [0.5, 0.6) is 0 Å². The lowest BCUT2D eigenvalue weighted by molar-refractivity contribution is 0.443. The molecule has 0 aliphatic rings. The Morgan fingerprint density at radius 2 is 1.90 bits per heavy atom. The SMILES string of the molecule is CC(C)CNCC(Cc1ccoc1)Cc1cccc(Cl)c1. The van der Waals surface area contributed by atoms with Gasteiger partial charge in [0.2, 0.25) is 0 Å². The second-order valence-electron chi connectivity index (χ2n) is 6.09. The van der Waals surface area contributed by atoms with Gasteiger partial charge in [-0.2, -0.15) is 0 Å². The Bertz CT molecular complexity index is 522. The van der Waals surface area contributed by atoms with E-state index in [0.717, 1.165) is 31.0 Å². The van der Waals surface area contributed by atoms with Gasteiger partial charge < -0.3 is 9.73 Å². The van der Waals surface area contributed by atoms with E-state index in [1.807, 2.05) is 24.5 Å². The molecule has 1 aromatic carbocycles. The van der Waals surface area contributed by atoms with Crippen LogP contribution < -0.4 is 5.32 Å². The molecule has 1 aromatic heterocycles. The van der Waals surface area contributed by atoms with Crippen molar-refractivity contribution in [2.45, 2.75) is 26.7 Å². The molecule has 0 saturated heterocycles. The minimum absolute atomic E-state index is 0.541. The maximum Gasteiger partial charge on any atom is 0.0934 e. The van der Waals surface area contributed by atoms with Crippen molar-refractivity contribution < 1.29 is 4.42 Å². The second-order valence-corrected chi connectivity index (χ2v) is 6.52. The molecule has 0 saturated carbocycles. The Morgan fingerprint density at radius 1 is 1.10 bits per heavy atom. The minimum Gasteiger partial charge on any atom is -0.472 e. The summed E-state index contributed by atoms with van der Waals surface area (Å²) in [5.74, 6) is 1.21. The summed E-state index contributed by atoms with van der Waals surface area (Å²) in [5, 5.41) is 4.38. The fourth-order valence-corrected chi connectivity index (χ4v) is 2.74. The average molecular weight is 306 g/mol. The van der Waals surface area contributed by atoms with Crippen molar-refractivity contribution in [2.75, 3.05) is 13.1 Å². The Labute approximate surface area is 132 Å². The van der Waals surface area contributed by atoms with Crippen LogP contribution in [-0.2, 0) is 12.8 Å². The van der Waals surface area contributed by atoms with Crippen LogP contribution in [-0.4, -0.2) is 13.1 Å². The number of benzene rings is 1. The van der Waals surface area contributed by atoms with Crippen LogP contribution in [0, 0.1) is 11.8 Å². The molecule has 21 heavy (non-hydrogen) atoms. The van der Waals surface area contributed by atoms with Crippen molar-refractivity contribution in [3.8, 4) is 0 Å². The van der Waals surface area contributed by atoms with Gasteiger partial charge in [0.05, 0.1) is 12.5 Å². The van der Waals surface area contributed by atoms with Gasteiger partial charge in [-0.3, -0.25) is 0 Å². The van der Waals surface area contributed by atoms with Gasteiger partial charge in [0, 0.05) is 5.02 Å². The van der Waals surface area contributed by atoms with Crippen LogP contribution in [0.4, 0.5) is 0 Å². The number of rotatable bonds is 8. The zero-order valence-corrected chi connectivity index (χ0v) is 13.6. The first-order valence-electron chi connectivity index (χ1n) is 7.59. The van der Waals surface area contributed by atoms with Gasteiger partial charge in [-0.15, -0.1) is 0 Å². The Kier molecular flexibility index (Phi) is 6.34. The van der Waals surface area contributed by atoms with Crippen molar-refractivity contribution in [1.29, 1.82) is 0 Å². The molecule has 114 valence electrons. The lowest BCUT2D eigenvalue weighted by Gasteiger charge is -2.18. The van der Waals surface area contributed by atoms with Crippen LogP contribution in [0.15, 0.2) is 47.3 Å². The van der Waals surface area contributed by atoms with E-state index in [1.54, 1.807) is 6.26 Å². The van der Waals surface area contributed by atoms with Crippen molar-refractivity contribution in [1.82, 2.24) is 5.32 Å². The van der Waals surface area contributed by atoms with Gasteiger partial charge in [0.1, 0.15) is 0 Å². The maximum absolute atomic E-state index is 6.09. The highest BCUT2D eigenvalue weighted by Gasteiger charge is 2.12. The molecule has 0 bridgehead atoms. The highest BCUT2D eigenvalue weighted by Crippen LogP contribution is 2.18. The Balaban J connectivity index is 1.96. The summed E-state index contributed by atoms with van der Waals surface area (Å²) in [5.41, 5.74) is 2.55. The molecule has 2 nitrogen and oxygen atoms in total. The third kappa shape index (κ3) is 5.94. The highest BCUT2D eigenvalue weighted by atomic mass is 35.5. The quantitative estimate of drug-likeness (QED) is 0.772. The van der Waals surface area contributed by atoms with E-state index in [1.165, 1.54) is 11.1 Å². The predicted molar refractivity (Wildman–Crippen MR) is 88.8 cm³/mol. The van der Waals surface area contributed by atoms with E-state index in [9.17, 15) is 0 Å². The molecule has 0 amide bonds. The zero-order valence-electron chi connectivity index (χ0n) is 12.8. The van der Waals surface area contributed by atoms with Crippen molar-refractivity contribution in [3.63, 3.8) is 0 Å². The van der Waals surface area contributed by atoms with Crippen LogP contribution >= 0.6 is 11.6 Å². The van der Waals surface area contributed by atoms with E-state index in [4.69, 9.17) is 16.0 Å². The molecule has 0 fully saturated rings. The van der Waals surface area contributed by atoms with Gasteiger partial charge in [-0.05, 0) is 67.1 Å². The molecule has 3 heteroatoms. The first-order valence-corrected chi connectivity index (χ1v) is 7.97. The average Bonchev–Trinajstić information content (AvgIpc) is 2.91. The molecular formula is C18H24ClNO. The topological polar surface area (TPSA) is 25.2 Å². The molecule has 1 atom stereocenters. The van der Waals surface area contributed by atoms with E-state index < -0.39 is 0 Å². The number of furan rings is 1. The molecule has 0 spiro atoms. The second kappa shape index (κ2) is 8.26. The summed E-state index contributed by atoms with van der Waals surface area (Å²) in [6.45, 7) is 6.53. The first-order chi connectivity index (χ1) is 10.1. The number of nitrogens with one attached hydrogen (secondary N) is 1. The third-order valence-electron chi connectivity index (χ3n) is 3.50. The molecule has 0 aliphatic heterocycles. The summed E-state index contributed by atoms with van der Waals surface area (Å²) >= 11 is 6.09. The van der Waals surface area contributed by atoms with E-state index >= 15 is 0 Å². The van der Waals surface area contributed by atoms with E-state index in [2.05, 4.69) is 31.3 Å². The molecule has 2 rings (SSSR count). The largest absolute Gasteiger partial charge is 0.472 e. The molecule has 1 unspecified atom stereocenters. The van der Waals surface area contributed by atoms with Gasteiger partial charge >= 0.3 is 0 Å². The van der Waals surface area contributed by atoms with Crippen LogP contribution in [0.3, 0.4) is 0 Å². The predicted octanol–water partition coefficient (Wildman–Crippen LogP) is 4.58. The zero-order chi connectivity index (χ0) is 15.1. The molecule has 2 aromatic rings. The van der Waals surface area contributed by atoms with Crippen molar-refractivity contribution >= 4 is 11.6 Å². The Morgan fingerprint density at radius 3 is 2.57 bits per heavy atom. The summed E-state index contributed by atoms with van der Waals surface area (Å²) in [4.78, 5) is 0. The summed E-state index contributed by atoms with van der Waals surface area (Å²) < 4.78 is 5.19. The fraction of sp³-hybridized carbons (Fsp3) is 0.444. The highest BCUT2D eigenvalue weighted by molar-refractivity contribution is 6.30. The van der Waals surface area contributed by atoms with E-state index in [-0.39, 0.29) is 0 Å². The van der Waals surface area contributed by atoms with Crippen LogP contribution in [0.2, 0.25) is 5.02 Å². The lowest BCUT2D eigenvalue weighted by atomic mass is 9.93. The monoisotopic (exact) mass is 305 g/mol. The first kappa shape index (κ1) is 16.1. The molecule has 0 radical (unpaired) electrons. The van der Waals surface area contributed by atoms with E-state index in [0.29, 0.717) is 11.8 Å². The maximum atomic E-state index is 6.09. The van der Waals surface area contributed by atoms with Gasteiger partial charge in [0.15, 0.2) is 0 Å². The van der Waals surface area contributed by atoms with Crippen LogP contribution in [0.1, 0.15) is 25.0 Å². The van der Waals surface area contributed by atoms with Crippen LogP contribution in [0.25, 0.3) is 0 Å². The molecule has 0 aliphatic carbocycles. The molecule has 1 heterocycles. The normalized spacial score (nSPS) is 12.8. The smallest absolute Gasteiger partial charge is 0.0934 e. The standard InChI is InChI=1S/C18H24ClNO/c1-14(2)11-20-12-17(9-16-6-7-21-13-16)8-15-4-3-5-18(19)10-15/h3-7,10,13-14,17,20H,8-9,11-12H2,1-2H3. The number of hydrogen-bond donors (Lipinski definition) is 1. The fourth-order valence-electron chi connectivity index (χ4n) is 2.53. The number of hydrogen-bond acceptors (Lipinski definition) is 2. The Hall–Kier alpha value is -1.25.